The maximum absolute atomic E-state index is 13.7. The smallest absolute Gasteiger partial charge is 0.225 e. The lowest BCUT2D eigenvalue weighted by Gasteiger charge is -2.17. The molecule has 0 aliphatic carbocycles. The topological polar surface area (TPSA) is 68.2 Å². The van der Waals surface area contributed by atoms with E-state index in [4.69, 9.17) is 4.74 Å². The van der Waals surface area contributed by atoms with Gasteiger partial charge in [-0.1, -0.05) is 6.07 Å². The van der Waals surface area contributed by atoms with Gasteiger partial charge in [0.25, 0.3) is 0 Å². The second-order valence-corrected chi connectivity index (χ2v) is 6.40. The number of aromatic nitrogens is 2. The van der Waals surface area contributed by atoms with E-state index in [9.17, 15) is 9.18 Å². The number of nitrogens with one attached hydrogen (secondary N) is 2. The highest BCUT2D eigenvalue weighted by molar-refractivity contribution is 5.80. The average Bonchev–Trinajstić information content (AvgIpc) is 3.24. The van der Waals surface area contributed by atoms with Crippen LogP contribution < -0.4 is 10.6 Å². The minimum atomic E-state index is -0.298. The van der Waals surface area contributed by atoms with Crippen LogP contribution in [0.3, 0.4) is 0 Å². The predicted molar refractivity (Wildman–Crippen MR) is 91.3 cm³/mol. The number of rotatable bonds is 6. The molecule has 134 valence electrons. The zero-order valence-corrected chi connectivity index (χ0v) is 14.5. The van der Waals surface area contributed by atoms with Crippen LogP contribution in [0.1, 0.15) is 22.6 Å². The van der Waals surface area contributed by atoms with Gasteiger partial charge >= 0.3 is 0 Å². The summed E-state index contributed by atoms with van der Waals surface area (Å²) in [6.45, 7) is 1.98. The van der Waals surface area contributed by atoms with Crippen molar-refractivity contribution >= 4 is 5.91 Å². The van der Waals surface area contributed by atoms with E-state index in [1.165, 1.54) is 13.2 Å². The van der Waals surface area contributed by atoms with Crippen molar-refractivity contribution in [3.8, 4) is 0 Å². The lowest BCUT2D eigenvalue weighted by Crippen LogP contribution is -2.34. The van der Waals surface area contributed by atoms with Gasteiger partial charge in [-0.15, -0.1) is 0 Å². The molecule has 2 heterocycles. The number of carbonyl (C=O) groups is 1. The number of nitrogens with zero attached hydrogens (tertiary/aromatic N) is 2. The summed E-state index contributed by atoms with van der Waals surface area (Å²) in [5.74, 6) is -0.320. The van der Waals surface area contributed by atoms with Crippen LogP contribution >= 0.6 is 0 Å². The third-order valence-corrected chi connectivity index (χ3v) is 4.58. The number of benzene rings is 1. The quantitative estimate of drug-likeness (QED) is 0.828. The second-order valence-electron chi connectivity index (χ2n) is 6.40. The molecule has 2 aromatic rings. The Morgan fingerprint density at radius 3 is 3.04 bits per heavy atom. The SMILES string of the molecule is COCc1cc(CNC(=O)[C@H]2CNC[C@@H]2c2cnn(C)c2)ccc1F. The number of amides is 1. The number of methoxy groups -OCH3 is 1. The van der Waals surface area contributed by atoms with Crippen LogP contribution in [0.25, 0.3) is 0 Å². The van der Waals surface area contributed by atoms with E-state index in [1.54, 1.807) is 16.8 Å². The van der Waals surface area contributed by atoms with Crippen molar-refractivity contribution in [3.05, 3.63) is 53.1 Å². The summed E-state index contributed by atoms with van der Waals surface area (Å²) in [6.07, 6.45) is 3.77. The van der Waals surface area contributed by atoms with Crippen LogP contribution in [0.4, 0.5) is 4.39 Å². The standard InChI is InChI=1S/C18H23FN4O2/c1-23-10-14(7-22-23)15-8-20-9-16(15)18(24)21-6-12-3-4-17(19)13(5-12)11-25-2/h3-5,7,10,15-16,20H,6,8-9,11H2,1-2H3,(H,21,24)/t15-,16+/m1/s1. The fraction of sp³-hybridized carbons (Fsp3) is 0.444. The van der Waals surface area contributed by atoms with Crippen molar-refractivity contribution in [2.24, 2.45) is 13.0 Å². The first-order valence-electron chi connectivity index (χ1n) is 8.31. The molecule has 1 amide bonds. The largest absolute Gasteiger partial charge is 0.380 e. The molecule has 1 aliphatic heterocycles. The Morgan fingerprint density at radius 2 is 2.32 bits per heavy atom. The van der Waals surface area contributed by atoms with E-state index < -0.39 is 0 Å². The van der Waals surface area contributed by atoms with Crippen LogP contribution in [0.5, 0.6) is 0 Å². The average molecular weight is 346 g/mol. The Kier molecular flexibility index (Phi) is 5.45. The maximum Gasteiger partial charge on any atom is 0.225 e. The summed E-state index contributed by atoms with van der Waals surface area (Å²) in [5, 5.41) is 10.4. The summed E-state index contributed by atoms with van der Waals surface area (Å²) in [4.78, 5) is 12.6. The molecule has 1 aliphatic rings. The Bertz CT molecular complexity index is 746. The van der Waals surface area contributed by atoms with Gasteiger partial charge in [0, 0.05) is 51.5 Å². The second kappa shape index (κ2) is 7.76. The lowest BCUT2D eigenvalue weighted by molar-refractivity contribution is -0.125. The van der Waals surface area contributed by atoms with Gasteiger partial charge < -0.3 is 15.4 Å². The normalized spacial score (nSPS) is 20.0. The Balaban J connectivity index is 1.63. The van der Waals surface area contributed by atoms with Crippen molar-refractivity contribution in [1.29, 1.82) is 0 Å². The molecule has 2 atom stereocenters. The van der Waals surface area contributed by atoms with E-state index in [-0.39, 0.29) is 30.2 Å². The predicted octanol–water partition coefficient (Wildman–Crippen LogP) is 1.33. The fourth-order valence-corrected chi connectivity index (χ4v) is 3.26. The molecule has 0 unspecified atom stereocenters. The summed E-state index contributed by atoms with van der Waals surface area (Å²) < 4.78 is 20.4. The molecule has 0 radical (unpaired) electrons. The van der Waals surface area contributed by atoms with Crippen molar-refractivity contribution in [2.45, 2.75) is 19.1 Å². The lowest BCUT2D eigenvalue weighted by atomic mass is 9.90. The minimum absolute atomic E-state index is 0.00327. The molecule has 1 aromatic heterocycles. The first-order valence-corrected chi connectivity index (χ1v) is 8.31. The molecule has 3 rings (SSSR count). The summed E-state index contributed by atoms with van der Waals surface area (Å²) in [7, 11) is 3.40. The Labute approximate surface area is 146 Å². The third kappa shape index (κ3) is 4.05. The van der Waals surface area contributed by atoms with Crippen LogP contribution in [0, 0.1) is 11.7 Å². The van der Waals surface area contributed by atoms with Crippen molar-refractivity contribution in [3.63, 3.8) is 0 Å². The molecule has 1 saturated heterocycles. The van der Waals surface area contributed by atoms with E-state index in [0.29, 0.717) is 18.7 Å². The van der Waals surface area contributed by atoms with Crippen LogP contribution in [-0.4, -0.2) is 35.9 Å². The number of hydrogen-bond donors (Lipinski definition) is 2. The van der Waals surface area contributed by atoms with E-state index >= 15 is 0 Å². The van der Waals surface area contributed by atoms with Gasteiger partial charge in [-0.3, -0.25) is 9.48 Å². The van der Waals surface area contributed by atoms with Gasteiger partial charge in [-0.05, 0) is 23.3 Å². The zero-order chi connectivity index (χ0) is 17.8. The van der Waals surface area contributed by atoms with E-state index in [2.05, 4.69) is 15.7 Å². The first kappa shape index (κ1) is 17.6. The number of aryl methyl sites for hydroxylation is 1. The number of ether oxygens (including phenoxy) is 1. The molecular weight excluding hydrogens is 323 g/mol. The van der Waals surface area contributed by atoms with Gasteiger partial charge in [0.1, 0.15) is 5.82 Å². The van der Waals surface area contributed by atoms with Crippen molar-refractivity contribution in [1.82, 2.24) is 20.4 Å². The Morgan fingerprint density at radius 1 is 1.48 bits per heavy atom. The molecule has 0 spiro atoms. The van der Waals surface area contributed by atoms with Crippen molar-refractivity contribution < 1.29 is 13.9 Å². The number of halogens is 1. The monoisotopic (exact) mass is 346 g/mol. The van der Waals surface area contributed by atoms with E-state index in [1.807, 2.05) is 19.4 Å². The van der Waals surface area contributed by atoms with Crippen LogP contribution in [-0.2, 0) is 29.7 Å². The fourth-order valence-electron chi connectivity index (χ4n) is 3.26. The van der Waals surface area contributed by atoms with Gasteiger partial charge in [0.15, 0.2) is 0 Å². The molecular formula is C18H23FN4O2. The molecule has 7 heteroatoms. The highest BCUT2D eigenvalue weighted by atomic mass is 19.1. The maximum atomic E-state index is 13.7. The van der Waals surface area contributed by atoms with Gasteiger partial charge in [-0.2, -0.15) is 5.10 Å². The van der Waals surface area contributed by atoms with Gasteiger partial charge in [0.05, 0.1) is 18.7 Å². The number of carbonyl (C=O) groups excluding carboxylic acids is 1. The Hall–Kier alpha value is -2.25. The molecule has 0 bridgehead atoms. The molecule has 6 nitrogen and oxygen atoms in total. The minimum Gasteiger partial charge on any atom is -0.380 e. The molecule has 1 aromatic carbocycles. The van der Waals surface area contributed by atoms with Crippen LogP contribution in [0.2, 0.25) is 0 Å². The van der Waals surface area contributed by atoms with Crippen molar-refractivity contribution in [2.75, 3.05) is 20.2 Å². The molecule has 1 fully saturated rings. The zero-order valence-electron chi connectivity index (χ0n) is 14.5. The molecule has 2 N–H and O–H groups in total. The molecule has 0 saturated carbocycles. The van der Waals surface area contributed by atoms with Crippen LogP contribution in [0.15, 0.2) is 30.6 Å². The van der Waals surface area contributed by atoms with Gasteiger partial charge in [-0.25, -0.2) is 4.39 Å². The van der Waals surface area contributed by atoms with Gasteiger partial charge in [0.2, 0.25) is 5.91 Å². The summed E-state index contributed by atoms with van der Waals surface area (Å²) in [6, 6.07) is 4.82. The molecule has 25 heavy (non-hydrogen) atoms. The van der Waals surface area contributed by atoms with E-state index in [0.717, 1.165) is 17.7 Å². The summed E-state index contributed by atoms with van der Waals surface area (Å²) in [5.41, 5.74) is 2.41. The number of hydrogen-bond acceptors (Lipinski definition) is 4. The first-order chi connectivity index (χ1) is 12.1. The highest BCUT2D eigenvalue weighted by Crippen LogP contribution is 2.28. The highest BCUT2D eigenvalue weighted by Gasteiger charge is 2.34. The summed E-state index contributed by atoms with van der Waals surface area (Å²) >= 11 is 0. The third-order valence-electron chi connectivity index (χ3n) is 4.58.